The number of nitrogens with one attached hydrogen (secondary N) is 1. The van der Waals surface area contributed by atoms with Crippen LogP contribution in [0.2, 0.25) is 0 Å². The standard InChI is InChI=1S/C5H11BN/c1-4(2)5(6)7-3/h4,7H,1-3H3. The van der Waals surface area contributed by atoms with E-state index in [2.05, 4.69) is 5.32 Å². The fraction of sp³-hybridized carbons (Fsp3) is 0.800. The Morgan fingerprint density at radius 1 is 1.57 bits per heavy atom. The van der Waals surface area contributed by atoms with Crippen molar-refractivity contribution in [2.75, 3.05) is 7.05 Å². The molecule has 0 aliphatic carbocycles. The summed E-state index contributed by atoms with van der Waals surface area (Å²) in [5.41, 5.74) is 0.847. The van der Waals surface area contributed by atoms with Crippen molar-refractivity contribution >= 4 is 13.1 Å². The van der Waals surface area contributed by atoms with Gasteiger partial charge < -0.3 is 0 Å². The summed E-state index contributed by atoms with van der Waals surface area (Å²) >= 11 is 0. The molecule has 0 saturated carbocycles. The Hall–Kier alpha value is -0.265. The summed E-state index contributed by atoms with van der Waals surface area (Å²) in [5.74, 6) is 0.449. The van der Waals surface area contributed by atoms with E-state index < -0.39 is 0 Å². The Balaban J connectivity index is 3.35. The molecule has 1 radical (unpaired) electrons. The van der Waals surface area contributed by atoms with Crippen LogP contribution in [0.15, 0.2) is 0 Å². The summed E-state index contributed by atoms with van der Waals surface area (Å²) in [6.45, 7) is 4.09. The molecule has 0 aromatic carbocycles. The third kappa shape index (κ3) is 2.43. The second kappa shape index (κ2) is 2.83. The molecule has 0 fully saturated rings. The Labute approximate surface area is 46.2 Å². The third-order valence-electron chi connectivity index (χ3n) is 0.911. The maximum atomic E-state index is 5.42. The van der Waals surface area contributed by atoms with Gasteiger partial charge in [-0.05, 0) is 0 Å². The summed E-state index contributed by atoms with van der Waals surface area (Å²) < 4.78 is 0. The Morgan fingerprint density at radius 2 is 2.00 bits per heavy atom. The van der Waals surface area contributed by atoms with Crippen molar-refractivity contribution in [1.29, 1.82) is 0 Å². The molecule has 7 heavy (non-hydrogen) atoms. The molecule has 1 N–H and O–H groups in total. The fourth-order valence-electron chi connectivity index (χ4n) is 0.289. The summed E-state index contributed by atoms with van der Waals surface area (Å²) in [6, 6.07) is 0. The van der Waals surface area contributed by atoms with E-state index >= 15 is 0 Å². The van der Waals surface area contributed by atoms with Gasteiger partial charge in [-0.3, -0.25) is 0 Å². The average Bonchev–Trinajstić information content (AvgIpc) is 1.65. The summed E-state index contributed by atoms with van der Waals surface area (Å²) in [4.78, 5) is 0. The summed E-state index contributed by atoms with van der Waals surface area (Å²) in [7, 11) is 7.25. The predicted octanol–water partition coefficient (Wildman–Crippen LogP) is 0.160. The first-order valence-electron chi connectivity index (χ1n) is 2.48. The molecule has 0 unspecified atom stereocenters. The molecule has 0 spiro atoms. The Bertz CT molecular complexity index is 68.5. The van der Waals surface area contributed by atoms with Crippen LogP contribution in [0.3, 0.4) is 0 Å². The topological polar surface area (TPSA) is 12.0 Å². The van der Waals surface area contributed by atoms with Crippen molar-refractivity contribution in [3.8, 4) is 0 Å². The van der Waals surface area contributed by atoms with Gasteiger partial charge in [0.05, 0.1) is 0 Å². The molecule has 0 heterocycles. The molecule has 0 aliphatic heterocycles. The van der Waals surface area contributed by atoms with E-state index in [0.717, 1.165) is 5.59 Å². The molecule has 2 heteroatoms. The van der Waals surface area contributed by atoms with Gasteiger partial charge in [0.2, 0.25) is 0 Å². The quantitative estimate of drug-likeness (QED) is 0.483. The molecule has 0 bridgehead atoms. The zero-order valence-electron chi connectivity index (χ0n) is 5.15. The molecule has 0 saturated heterocycles. The van der Waals surface area contributed by atoms with Gasteiger partial charge in [0.25, 0.3) is 0 Å². The zero-order chi connectivity index (χ0) is 5.86. The summed E-state index contributed by atoms with van der Waals surface area (Å²) in [6.07, 6.45) is 0. The van der Waals surface area contributed by atoms with Crippen molar-refractivity contribution in [2.45, 2.75) is 13.8 Å². The van der Waals surface area contributed by atoms with Gasteiger partial charge in [-0.25, -0.2) is 0 Å². The van der Waals surface area contributed by atoms with Gasteiger partial charge in [0.15, 0.2) is 0 Å². The second-order valence-corrected chi connectivity index (χ2v) is 1.86. The fourth-order valence-corrected chi connectivity index (χ4v) is 0.289. The Morgan fingerprint density at radius 3 is 2.00 bits per heavy atom. The number of hydrogen-bond donors (Lipinski definition) is 1. The molecule has 0 aliphatic rings. The van der Waals surface area contributed by atoms with Gasteiger partial charge in [-0.1, -0.05) is 0 Å². The minimum atomic E-state index is 0.449. The minimum absolute atomic E-state index is 0.449. The molecule has 0 aromatic rings. The average molecular weight is 96.0 g/mol. The second-order valence-electron chi connectivity index (χ2n) is 1.86. The predicted molar refractivity (Wildman–Crippen MR) is 34.7 cm³/mol. The van der Waals surface area contributed by atoms with Crippen molar-refractivity contribution in [1.82, 2.24) is 5.32 Å². The molecular weight excluding hydrogens is 84.9 g/mol. The first-order chi connectivity index (χ1) is 3.18. The van der Waals surface area contributed by atoms with E-state index in [1.54, 1.807) is 0 Å². The van der Waals surface area contributed by atoms with Gasteiger partial charge in [0.1, 0.15) is 0 Å². The van der Waals surface area contributed by atoms with Gasteiger partial charge in [-0.15, -0.1) is 0 Å². The van der Waals surface area contributed by atoms with Crippen molar-refractivity contribution < 1.29 is 0 Å². The van der Waals surface area contributed by atoms with E-state index in [1.807, 2.05) is 20.9 Å². The van der Waals surface area contributed by atoms with Crippen LogP contribution in [0.4, 0.5) is 0 Å². The molecule has 0 rings (SSSR count). The van der Waals surface area contributed by atoms with Crippen LogP contribution in [0.5, 0.6) is 0 Å². The Kier molecular flexibility index (Phi) is 2.73. The monoisotopic (exact) mass is 96.1 g/mol. The van der Waals surface area contributed by atoms with Crippen molar-refractivity contribution in [2.24, 2.45) is 5.92 Å². The van der Waals surface area contributed by atoms with Crippen LogP contribution < -0.4 is 5.32 Å². The molecule has 1 nitrogen and oxygen atoms in total. The van der Waals surface area contributed by atoms with Crippen LogP contribution in [-0.4, -0.2) is 20.1 Å². The normalized spacial score (nSPS) is 9.00. The van der Waals surface area contributed by atoms with Crippen LogP contribution >= 0.6 is 0 Å². The SMILES string of the molecule is [B]=C(NC)C(C)C. The first kappa shape index (κ1) is 6.73. The van der Waals surface area contributed by atoms with E-state index in [9.17, 15) is 0 Å². The van der Waals surface area contributed by atoms with Crippen LogP contribution in [0, 0.1) is 5.92 Å². The van der Waals surface area contributed by atoms with Crippen LogP contribution in [-0.2, 0) is 0 Å². The van der Waals surface area contributed by atoms with Gasteiger partial charge in [0, 0.05) is 0 Å². The van der Waals surface area contributed by atoms with Crippen LogP contribution in [0.1, 0.15) is 13.8 Å². The molecule has 39 valence electrons. The molecular formula is C5H11BN. The molecule has 0 amide bonds. The van der Waals surface area contributed by atoms with E-state index in [0.29, 0.717) is 5.92 Å². The summed E-state index contributed by atoms with van der Waals surface area (Å²) in [5, 5.41) is 2.86. The van der Waals surface area contributed by atoms with E-state index in [-0.39, 0.29) is 0 Å². The van der Waals surface area contributed by atoms with Gasteiger partial charge in [-0.2, -0.15) is 0 Å². The molecule has 0 aromatic heterocycles. The van der Waals surface area contributed by atoms with Gasteiger partial charge >= 0.3 is 45.2 Å². The van der Waals surface area contributed by atoms with E-state index in [4.69, 9.17) is 7.49 Å². The third-order valence-corrected chi connectivity index (χ3v) is 0.911. The zero-order valence-corrected chi connectivity index (χ0v) is 5.15. The maximum absolute atomic E-state index is 5.42. The molecule has 0 atom stereocenters. The number of hydrogen-bond acceptors (Lipinski definition) is 1. The van der Waals surface area contributed by atoms with E-state index in [1.165, 1.54) is 0 Å². The van der Waals surface area contributed by atoms with Crippen molar-refractivity contribution in [3.05, 3.63) is 0 Å². The number of rotatable bonds is 2. The van der Waals surface area contributed by atoms with Crippen LogP contribution in [0.25, 0.3) is 0 Å². The first-order valence-corrected chi connectivity index (χ1v) is 2.48. The van der Waals surface area contributed by atoms with Crippen molar-refractivity contribution in [3.63, 3.8) is 0 Å².